The number of aryl methyl sites for hydroxylation is 1. The third-order valence-corrected chi connectivity index (χ3v) is 4.87. The maximum absolute atomic E-state index is 13.5. The summed E-state index contributed by atoms with van der Waals surface area (Å²) in [7, 11) is -3.79. The molecule has 0 aromatic heterocycles. The predicted octanol–water partition coefficient (Wildman–Crippen LogP) is 2.85. The second-order valence-electron chi connectivity index (χ2n) is 4.56. The average molecular weight is 329 g/mol. The van der Waals surface area contributed by atoms with Crippen molar-refractivity contribution in [3.63, 3.8) is 0 Å². The van der Waals surface area contributed by atoms with Gasteiger partial charge >= 0.3 is 0 Å². The predicted molar refractivity (Wildman–Crippen MR) is 81.0 cm³/mol. The van der Waals surface area contributed by atoms with Crippen molar-refractivity contribution in [2.75, 3.05) is 5.73 Å². The fourth-order valence-electron chi connectivity index (χ4n) is 1.82. The Morgan fingerprint density at radius 1 is 1.29 bits per heavy atom. The Bertz CT molecular complexity index is 755. The average Bonchev–Trinajstić information content (AvgIpc) is 2.43. The van der Waals surface area contributed by atoms with Gasteiger partial charge in [0, 0.05) is 12.1 Å². The summed E-state index contributed by atoms with van der Waals surface area (Å²) >= 11 is 5.90. The summed E-state index contributed by atoms with van der Waals surface area (Å²) in [5, 5.41) is 0.322. The van der Waals surface area contributed by atoms with Crippen LogP contribution in [0.3, 0.4) is 0 Å². The lowest BCUT2D eigenvalue weighted by Crippen LogP contribution is -2.24. The summed E-state index contributed by atoms with van der Waals surface area (Å²) in [5.41, 5.74) is 6.67. The van der Waals surface area contributed by atoms with Crippen LogP contribution in [0.5, 0.6) is 0 Å². The molecule has 0 aliphatic rings. The molecule has 4 nitrogen and oxygen atoms in total. The molecule has 3 N–H and O–H groups in total. The van der Waals surface area contributed by atoms with Crippen molar-refractivity contribution in [1.82, 2.24) is 4.72 Å². The highest BCUT2D eigenvalue weighted by molar-refractivity contribution is 7.89. The fraction of sp³-hybridized carbons (Fsp3) is 0.143. The second kappa shape index (κ2) is 6.01. The molecule has 0 unspecified atom stereocenters. The number of hydrogen-bond acceptors (Lipinski definition) is 3. The lowest BCUT2D eigenvalue weighted by atomic mass is 10.2. The van der Waals surface area contributed by atoms with Crippen LogP contribution in [-0.2, 0) is 16.6 Å². The highest BCUT2D eigenvalue weighted by Gasteiger charge is 2.17. The van der Waals surface area contributed by atoms with Crippen molar-refractivity contribution < 1.29 is 12.8 Å². The second-order valence-corrected chi connectivity index (χ2v) is 6.70. The van der Waals surface area contributed by atoms with Crippen LogP contribution in [0.25, 0.3) is 0 Å². The fourth-order valence-corrected chi connectivity index (χ4v) is 3.05. The summed E-state index contributed by atoms with van der Waals surface area (Å²) in [6.07, 6.45) is 0. The number of nitrogen functional groups attached to an aromatic ring is 1. The highest BCUT2D eigenvalue weighted by Crippen LogP contribution is 2.26. The molecule has 2 aromatic rings. The molecule has 0 bridgehead atoms. The first kappa shape index (κ1) is 15.8. The van der Waals surface area contributed by atoms with Gasteiger partial charge in [0.1, 0.15) is 5.82 Å². The van der Waals surface area contributed by atoms with Crippen molar-refractivity contribution in [2.24, 2.45) is 0 Å². The van der Waals surface area contributed by atoms with Crippen molar-refractivity contribution in [1.29, 1.82) is 0 Å². The Labute approximate surface area is 127 Å². The maximum Gasteiger partial charge on any atom is 0.240 e. The molecular weight excluding hydrogens is 315 g/mol. The minimum absolute atomic E-state index is 0.00163. The number of hydrogen-bond donors (Lipinski definition) is 2. The van der Waals surface area contributed by atoms with Gasteiger partial charge in [0.15, 0.2) is 0 Å². The Morgan fingerprint density at radius 3 is 2.57 bits per heavy atom. The van der Waals surface area contributed by atoms with E-state index in [0.29, 0.717) is 10.6 Å². The van der Waals surface area contributed by atoms with Crippen LogP contribution in [0.1, 0.15) is 11.1 Å². The number of anilines is 1. The molecule has 0 saturated carbocycles. The van der Waals surface area contributed by atoms with E-state index >= 15 is 0 Å². The zero-order chi connectivity index (χ0) is 15.6. The van der Waals surface area contributed by atoms with Crippen LogP contribution in [0, 0.1) is 12.7 Å². The summed E-state index contributed by atoms with van der Waals surface area (Å²) in [6, 6.07) is 8.66. The summed E-state index contributed by atoms with van der Waals surface area (Å²) in [4.78, 5) is -0.00163. The van der Waals surface area contributed by atoms with Gasteiger partial charge in [0.2, 0.25) is 10.0 Å². The van der Waals surface area contributed by atoms with E-state index in [1.807, 2.05) is 0 Å². The molecule has 0 spiro atoms. The van der Waals surface area contributed by atoms with Gasteiger partial charge in [0.25, 0.3) is 0 Å². The zero-order valence-electron chi connectivity index (χ0n) is 11.2. The lowest BCUT2D eigenvalue weighted by molar-refractivity contribution is 0.574. The molecule has 0 aliphatic carbocycles. The van der Waals surface area contributed by atoms with E-state index in [9.17, 15) is 12.8 Å². The van der Waals surface area contributed by atoms with E-state index in [1.165, 1.54) is 30.3 Å². The molecule has 7 heteroatoms. The normalized spacial score (nSPS) is 11.6. The Hall–Kier alpha value is -1.63. The van der Waals surface area contributed by atoms with Crippen LogP contribution < -0.4 is 10.5 Å². The van der Waals surface area contributed by atoms with Crippen LogP contribution >= 0.6 is 11.6 Å². The number of halogens is 2. The number of rotatable bonds is 4. The number of benzene rings is 2. The third-order valence-electron chi connectivity index (χ3n) is 2.98. The molecule has 0 heterocycles. The monoisotopic (exact) mass is 328 g/mol. The topological polar surface area (TPSA) is 72.2 Å². The zero-order valence-corrected chi connectivity index (χ0v) is 12.8. The quantitative estimate of drug-likeness (QED) is 0.848. The van der Waals surface area contributed by atoms with Crippen molar-refractivity contribution in [3.8, 4) is 0 Å². The van der Waals surface area contributed by atoms with Gasteiger partial charge in [-0.05, 0) is 30.7 Å². The number of nitrogens with one attached hydrogen (secondary N) is 1. The summed E-state index contributed by atoms with van der Waals surface area (Å²) < 4.78 is 40.2. The van der Waals surface area contributed by atoms with Gasteiger partial charge in [-0.1, -0.05) is 29.8 Å². The lowest BCUT2D eigenvalue weighted by Gasteiger charge is -2.10. The smallest absolute Gasteiger partial charge is 0.240 e. The van der Waals surface area contributed by atoms with E-state index in [0.717, 1.165) is 0 Å². The molecule has 0 amide bonds. The molecule has 0 aliphatic heterocycles. The Morgan fingerprint density at radius 2 is 1.95 bits per heavy atom. The van der Waals surface area contributed by atoms with Gasteiger partial charge < -0.3 is 5.73 Å². The van der Waals surface area contributed by atoms with E-state index < -0.39 is 15.8 Å². The van der Waals surface area contributed by atoms with Crippen LogP contribution in [0.2, 0.25) is 5.02 Å². The van der Waals surface area contributed by atoms with Crippen molar-refractivity contribution in [2.45, 2.75) is 18.4 Å². The van der Waals surface area contributed by atoms with Crippen molar-refractivity contribution in [3.05, 3.63) is 58.4 Å². The molecule has 2 aromatic carbocycles. The van der Waals surface area contributed by atoms with E-state index in [-0.39, 0.29) is 22.7 Å². The minimum atomic E-state index is -3.79. The molecule has 2 rings (SSSR count). The van der Waals surface area contributed by atoms with Gasteiger partial charge in [-0.25, -0.2) is 17.5 Å². The van der Waals surface area contributed by atoms with Crippen LogP contribution in [-0.4, -0.2) is 8.42 Å². The van der Waals surface area contributed by atoms with E-state index in [2.05, 4.69) is 4.72 Å². The SMILES string of the molecule is Cc1cc(S(=O)(=O)NCc2ccccc2F)cc(N)c1Cl. The largest absolute Gasteiger partial charge is 0.397 e. The standard InChI is InChI=1S/C14H14ClFN2O2S/c1-9-6-11(7-13(17)14(9)15)21(19,20)18-8-10-4-2-3-5-12(10)16/h2-7,18H,8,17H2,1H3. The Balaban J connectivity index is 2.25. The number of sulfonamides is 1. The third kappa shape index (κ3) is 3.53. The highest BCUT2D eigenvalue weighted by atomic mass is 35.5. The van der Waals surface area contributed by atoms with Gasteiger partial charge in [-0.15, -0.1) is 0 Å². The molecule has 21 heavy (non-hydrogen) atoms. The van der Waals surface area contributed by atoms with Crippen molar-refractivity contribution >= 4 is 27.3 Å². The molecule has 0 saturated heterocycles. The molecule has 0 radical (unpaired) electrons. The molecule has 0 atom stereocenters. The first-order valence-electron chi connectivity index (χ1n) is 6.10. The first-order valence-corrected chi connectivity index (χ1v) is 7.96. The number of nitrogens with two attached hydrogens (primary N) is 1. The van der Waals surface area contributed by atoms with Gasteiger partial charge in [-0.2, -0.15) is 0 Å². The van der Waals surface area contributed by atoms with E-state index in [1.54, 1.807) is 13.0 Å². The summed E-state index contributed by atoms with van der Waals surface area (Å²) in [6.45, 7) is 1.52. The van der Waals surface area contributed by atoms with Crippen LogP contribution in [0.4, 0.5) is 10.1 Å². The first-order chi connectivity index (χ1) is 9.81. The maximum atomic E-state index is 13.5. The van der Waals surface area contributed by atoms with Gasteiger partial charge in [-0.3, -0.25) is 0 Å². The minimum Gasteiger partial charge on any atom is -0.397 e. The summed E-state index contributed by atoms with van der Waals surface area (Å²) in [5.74, 6) is -0.466. The van der Waals surface area contributed by atoms with Gasteiger partial charge in [0.05, 0.1) is 15.6 Å². The molecular formula is C14H14ClFN2O2S. The van der Waals surface area contributed by atoms with Crippen LogP contribution in [0.15, 0.2) is 41.3 Å². The molecule has 0 fully saturated rings. The molecule has 112 valence electrons. The van der Waals surface area contributed by atoms with E-state index in [4.69, 9.17) is 17.3 Å². The Kier molecular flexibility index (Phi) is 4.51.